The van der Waals surface area contributed by atoms with Crippen LogP contribution in [0.25, 0.3) is 11.0 Å². The Balaban J connectivity index is 1.94. The largest absolute Gasteiger partial charge is 0.490 e. The molecule has 0 fully saturated rings. The zero-order valence-electron chi connectivity index (χ0n) is 20.1. The number of ether oxygens (including phenoxy) is 4. The Morgan fingerprint density at radius 1 is 1.26 bits per heavy atom. The van der Waals surface area contributed by atoms with Crippen molar-refractivity contribution >= 4 is 17.0 Å². The maximum absolute atomic E-state index is 13.6. The molecule has 1 aliphatic rings. The fourth-order valence-electron chi connectivity index (χ4n) is 4.17. The van der Waals surface area contributed by atoms with Crippen LogP contribution in [0.15, 0.2) is 35.3 Å². The lowest BCUT2D eigenvalue weighted by atomic mass is 10.0. The molecule has 0 bridgehead atoms. The van der Waals surface area contributed by atoms with Crippen molar-refractivity contribution in [2.45, 2.75) is 45.8 Å². The van der Waals surface area contributed by atoms with Crippen molar-refractivity contribution in [2.75, 3.05) is 26.9 Å². The van der Waals surface area contributed by atoms with Crippen molar-refractivity contribution < 1.29 is 28.1 Å². The van der Waals surface area contributed by atoms with Crippen LogP contribution in [-0.4, -0.2) is 48.6 Å². The van der Waals surface area contributed by atoms with Crippen LogP contribution >= 0.6 is 0 Å². The number of carbonyl (C=O) groups excluding carboxylic acids is 1. The number of halogens is 1. The number of rotatable bonds is 10. The SMILES string of the molecule is CCCCOc1c(C(=O)OCC)c(=O)n2c3c(c(Cc4ccc(F)cc4)cnc13)OC(COC)C2. The second-order valence-corrected chi connectivity index (χ2v) is 8.35. The Kier molecular flexibility index (Phi) is 7.65. The molecule has 0 saturated heterocycles. The number of nitrogens with zero attached hydrogens (tertiary/aromatic N) is 2. The molecule has 1 unspecified atom stereocenters. The van der Waals surface area contributed by atoms with Gasteiger partial charge in [0.2, 0.25) is 0 Å². The molecule has 35 heavy (non-hydrogen) atoms. The van der Waals surface area contributed by atoms with Gasteiger partial charge in [0.1, 0.15) is 23.0 Å². The highest BCUT2D eigenvalue weighted by Crippen LogP contribution is 2.38. The summed E-state index contributed by atoms with van der Waals surface area (Å²) >= 11 is 0. The van der Waals surface area contributed by atoms with E-state index in [0.717, 1.165) is 24.0 Å². The molecule has 3 aromatic rings. The molecule has 9 heteroatoms. The number of pyridine rings is 2. The van der Waals surface area contributed by atoms with Crippen LogP contribution in [0, 0.1) is 5.82 Å². The van der Waals surface area contributed by atoms with Crippen LogP contribution in [0.1, 0.15) is 48.2 Å². The molecule has 1 aromatic carbocycles. The summed E-state index contributed by atoms with van der Waals surface area (Å²) in [5.41, 5.74) is 1.71. The van der Waals surface area contributed by atoms with E-state index in [9.17, 15) is 14.0 Å². The zero-order valence-corrected chi connectivity index (χ0v) is 20.1. The number of methoxy groups -OCH3 is 1. The molecule has 2 aromatic heterocycles. The lowest BCUT2D eigenvalue weighted by Gasteiger charge is -2.29. The second kappa shape index (κ2) is 10.9. The molecular weight excluding hydrogens is 455 g/mol. The third kappa shape index (κ3) is 5.00. The molecule has 0 aliphatic carbocycles. The Morgan fingerprint density at radius 3 is 2.71 bits per heavy atom. The smallest absolute Gasteiger partial charge is 0.347 e. The highest BCUT2D eigenvalue weighted by atomic mass is 19.1. The van der Waals surface area contributed by atoms with Gasteiger partial charge in [0.05, 0.1) is 26.4 Å². The van der Waals surface area contributed by atoms with E-state index in [1.807, 2.05) is 6.92 Å². The third-order valence-corrected chi connectivity index (χ3v) is 5.81. The van der Waals surface area contributed by atoms with E-state index in [2.05, 4.69) is 4.98 Å². The van der Waals surface area contributed by atoms with E-state index in [-0.39, 0.29) is 36.9 Å². The van der Waals surface area contributed by atoms with Gasteiger partial charge in [-0.05, 0) is 31.0 Å². The van der Waals surface area contributed by atoms with Crippen molar-refractivity contribution in [2.24, 2.45) is 0 Å². The monoisotopic (exact) mass is 484 g/mol. The Labute approximate surface area is 202 Å². The summed E-state index contributed by atoms with van der Waals surface area (Å²) in [5.74, 6) is -0.488. The molecule has 0 radical (unpaired) electrons. The summed E-state index contributed by atoms with van der Waals surface area (Å²) in [6, 6.07) is 6.17. The number of esters is 1. The van der Waals surface area contributed by atoms with Crippen molar-refractivity contribution in [3.8, 4) is 11.5 Å². The van der Waals surface area contributed by atoms with E-state index < -0.39 is 17.6 Å². The number of carbonyl (C=O) groups is 1. The average molecular weight is 485 g/mol. The van der Waals surface area contributed by atoms with Gasteiger partial charge in [-0.3, -0.25) is 14.3 Å². The molecule has 1 atom stereocenters. The average Bonchev–Trinajstić information content (AvgIpc) is 2.84. The number of hydrogen-bond acceptors (Lipinski definition) is 7. The van der Waals surface area contributed by atoms with Crippen LogP contribution in [0.4, 0.5) is 4.39 Å². The van der Waals surface area contributed by atoms with Gasteiger partial charge in [0, 0.05) is 25.3 Å². The van der Waals surface area contributed by atoms with Gasteiger partial charge in [-0.25, -0.2) is 9.18 Å². The van der Waals surface area contributed by atoms with Gasteiger partial charge < -0.3 is 18.9 Å². The first kappa shape index (κ1) is 24.7. The summed E-state index contributed by atoms with van der Waals surface area (Å²) in [6.07, 6.45) is 3.23. The fourth-order valence-corrected chi connectivity index (χ4v) is 4.17. The van der Waals surface area contributed by atoms with Crippen LogP contribution in [0.2, 0.25) is 0 Å². The highest BCUT2D eigenvalue weighted by molar-refractivity contribution is 6.00. The minimum Gasteiger partial charge on any atom is -0.490 e. The van der Waals surface area contributed by atoms with Gasteiger partial charge in [-0.1, -0.05) is 25.5 Å². The van der Waals surface area contributed by atoms with Gasteiger partial charge in [0.15, 0.2) is 17.1 Å². The first-order valence-corrected chi connectivity index (χ1v) is 11.8. The Bertz CT molecular complexity index is 1270. The molecule has 0 N–H and O–H groups in total. The lowest BCUT2D eigenvalue weighted by molar-refractivity contribution is 0.0512. The van der Waals surface area contributed by atoms with Crippen LogP contribution in [0.5, 0.6) is 11.5 Å². The van der Waals surface area contributed by atoms with E-state index in [0.29, 0.717) is 29.8 Å². The summed E-state index contributed by atoms with van der Waals surface area (Å²) in [5, 5.41) is 0. The van der Waals surface area contributed by atoms with Gasteiger partial charge in [0.25, 0.3) is 5.56 Å². The van der Waals surface area contributed by atoms with E-state index >= 15 is 0 Å². The molecule has 1 aliphatic heterocycles. The molecule has 0 spiro atoms. The molecule has 3 heterocycles. The van der Waals surface area contributed by atoms with Crippen molar-refractivity contribution in [3.63, 3.8) is 0 Å². The molecular formula is C26H29FN2O6. The summed E-state index contributed by atoms with van der Waals surface area (Å²) in [4.78, 5) is 31.1. The Morgan fingerprint density at radius 2 is 2.03 bits per heavy atom. The predicted molar refractivity (Wildman–Crippen MR) is 128 cm³/mol. The fraction of sp³-hybridized carbons (Fsp3) is 0.423. The quantitative estimate of drug-likeness (QED) is 0.319. The number of hydrogen-bond donors (Lipinski definition) is 0. The zero-order chi connectivity index (χ0) is 24.9. The van der Waals surface area contributed by atoms with Gasteiger partial charge in [-0.2, -0.15) is 0 Å². The second-order valence-electron chi connectivity index (χ2n) is 8.35. The highest BCUT2D eigenvalue weighted by Gasteiger charge is 2.33. The molecule has 4 rings (SSSR count). The topological polar surface area (TPSA) is 88.9 Å². The third-order valence-electron chi connectivity index (χ3n) is 5.81. The van der Waals surface area contributed by atoms with Crippen molar-refractivity contribution in [1.82, 2.24) is 9.55 Å². The normalized spacial score (nSPS) is 14.6. The minimum atomic E-state index is -0.747. The number of unbranched alkanes of at least 4 members (excludes halogenated alkanes) is 1. The molecule has 8 nitrogen and oxygen atoms in total. The summed E-state index contributed by atoms with van der Waals surface area (Å²) in [7, 11) is 1.55. The maximum Gasteiger partial charge on any atom is 0.347 e. The van der Waals surface area contributed by atoms with E-state index in [4.69, 9.17) is 18.9 Å². The molecule has 0 saturated carbocycles. The number of benzene rings is 1. The minimum absolute atomic E-state index is 0.108. The van der Waals surface area contributed by atoms with E-state index in [1.165, 1.54) is 16.7 Å². The Hall–Kier alpha value is -3.46. The summed E-state index contributed by atoms with van der Waals surface area (Å²) < 4.78 is 37.6. The number of aromatic nitrogens is 2. The van der Waals surface area contributed by atoms with Crippen LogP contribution in [-0.2, 0) is 22.4 Å². The van der Waals surface area contributed by atoms with Crippen LogP contribution < -0.4 is 15.0 Å². The summed E-state index contributed by atoms with van der Waals surface area (Å²) in [6.45, 7) is 4.57. The molecule has 186 valence electrons. The standard InChI is InChI=1S/C26H29FN2O6/c1-4-6-11-34-24-20(26(31)33-5-2)25(30)29-14-19(15-32-3)35-23-17(13-28-21(24)22(23)29)12-16-7-9-18(27)10-8-16/h7-10,13,19H,4-6,11-12,14-15H2,1-3H3. The van der Waals surface area contributed by atoms with Gasteiger partial charge >= 0.3 is 5.97 Å². The van der Waals surface area contributed by atoms with E-state index in [1.54, 1.807) is 32.4 Å². The first-order chi connectivity index (χ1) is 17.0. The maximum atomic E-state index is 13.6. The molecule has 0 amide bonds. The van der Waals surface area contributed by atoms with Crippen LogP contribution in [0.3, 0.4) is 0 Å². The van der Waals surface area contributed by atoms with Gasteiger partial charge in [-0.15, -0.1) is 0 Å². The first-order valence-electron chi connectivity index (χ1n) is 11.8. The van der Waals surface area contributed by atoms with Crippen molar-refractivity contribution in [3.05, 3.63) is 63.3 Å². The van der Waals surface area contributed by atoms with Crippen molar-refractivity contribution in [1.29, 1.82) is 0 Å². The predicted octanol–water partition coefficient (Wildman–Crippen LogP) is 3.89. The lowest BCUT2D eigenvalue weighted by Crippen LogP contribution is -2.39.